The largest absolute Gasteiger partial charge is 0.492 e. The molecule has 2 atom stereocenters. The van der Waals surface area contributed by atoms with Crippen molar-refractivity contribution in [3.8, 4) is 5.75 Å². The van der Waals surface area contributed by atoms with Crippen LogP contribution in [0.25, 0.3) is 0 Å². The summed E-state index contributed by atoms with van der Waals surface area (Å²) in [6.07, 6.45) is 2.06. The molecule has 0 spiro atoms. The van der Waals surface area contributed by atoms with Gasteiger partial charge in [0.1, 0.15) is 18.3 Å². The molecule has 0 aliphatic carbocycles. The lowest BCUT2D eigenvalue weighted by Crippen LogP contribution is -2.54. The molecule has 0 aliphatic heterocycles. The van der Waals surface area contributed by atoms with Gasteiger partial charge >= 0.3 is 0 Å². The molecule has 0 radical (unpaired) electrons. The number of sulfonamides is 1. The Morgan fingerprint density at radius 1 is 0.875 bits per heavy atom. The molecule has 0 aromatic heterocycles. The molecule has 3 aromatic carbocycles. The average molecular weight is 566 g/mol. The van der Waals surface area contributed by atoms with E-state index in [4.69, 9.17) is 4.74 Å². The maximum Gasteiger partial charge on any atom is 0.244 e. The molecule has 40 heavy (non-hydrogen) atoms. The van der Waals surface area contributed by atoms with Crippen LogP contribution in [-0.4, -0.2) is 56.6 Å². The van der Waals surface area contributed by atoms with Gasteiger partial charge in [-0.05, 0) is 43.5 Å². The molecule has 1 N–H and O–H groups in total. The van der Waals surface area contributed by atoms with Crippen molar-refractivity contribution in [2.24, 2.45) is 0 Å². The summed E-state index contributed by atoms with van der Waals surface area (Å²) in [6, 6.07) is 24.6. The van der Waals surface area contributed by atoms with Crippen LogP contribution in [0.4, 0.5) is 5.69 Å². The quantitative estimate of drug-likeness (QED) is 0.313. The Balaban J connectivity index is 2.06. The van der Waals surface area contributed by atoms with Crippen LogP contribution in [0.1, 0.15) is 38.3 Å². The number of ether oxygens (including phenoxy) is 1. The molecular weight excluding hydrogens is 526 g/mol. The van der Waals surface area contributed by atoms with Gasteiger partial charge in [-0.3, -0.25) is 13.9 Å². The number of anilines is 1. The van der Waals surface area contributed by atoms with Crippen LogP contribution in [0.5, 0.6) is 5.75 Å². The molecule has 0 aliphatic rings. The molecule has 9 heteroatoms. The molecule has 2 amide bonds. The van der Waals surface area contributed by atoms with E-state index in [1.807, 2.05) is 74.5 Å². The monoisotopic (exact) mass is 565 g/mol. The topological polar surface area (TPSA) is 96.0 Å². The summed E-state index contributed by atoms with van der Waals surface area (Å²) in [4.78, 5) is 29.3. The second-order valence-electron chi connectivity index (χ2n) is 9.70. The minimum absolute atomic E-state index is 0.0926. The molecule has 0 unspecified atom stereocenters. The third-order valence-electron chi connectivity index (χ3n) is 6.58. The highest BCUT2D eigenvalue weighted by molar-refractivity contribution is 7.92. The Hall–Kier alpha value is -3.85. The van der Waals surface area contributed by atoms with Crippen LogP contribution in [-0.2, 0) is 32.6 Å². The summed E-state index contributed by atoms with van der Waals surface area (Å²) in [6.45, 7) is 5.67. The average Bonchev–Trinajstić information content (AvgIpc) is 2.94. The van der Waals surface area contributed by atoms with Gasteiger partial charge in [-0.1, -0.05) is 79.7 Å². The van der Waals surface area contributed by atoms with Gasteiger partial charge in [0.05, 0.1) is 18.6 Å². The molecule has 0 saturated heterocycles. The van der Waals surface area contributed by atoms with Crippen molar-refractivity contribution in [2.75, 3.05) is 23.7 Å². The Labute approximate surface area is 238 Å². The third kappa shape index (κ3) is 8.58. The van der Waals surface area contributed by atoms with Crippen molar-refractivity contribution in [3.05, 3.63) is 96.1 Å². The van der Waals surface area contributed by atoms with Crippen LogP contribution in [0.15, 0.2) is 84.9 Å². The van der Waals surface area contributed by atoms with E-state index >= 15 is 0 Å². The summed E-state index contributed by atoms with van der Waals surface area (Å²) in [5.74, 6) is -0.433. The van der Waals surface area contributed by atoms with Gasteiger partial charge in [-0.2, -0.15) is 0 Å². The van der Waals surface area contributed by atoms with E-state index in [1.54, 1.807) is 31.2 Å². The minimum Gasteiger partial charge on any atom is -0.492 e. The normalized spacial score (nSPS) is 12.7. The van der Waals surface area contributed by atoms with Crippen LogP contribution in [0, 0.1) is 0 Å². The Morgan fingerprint density at radius 3 is 2.02 bits per heavy atom. The standard InChI is InChI=1S/C31H39N3O5S/c1-5-24(3)32-31(36)28(21-25-15-9-7-10-16-25)33(22-26-17-11-8-12-18-26)30(35)23-34(40(4,37)38)27-19-13-14-20-29(27)39-6-2/h7-20,24,28H,5-6,21-23H2,1-4H3,(H,32,36)/t24-,28+/m1/s1. The number of carbonyl (C=O) groups excluding carboxylic acids is 2. The van der Waals surface area contributed by atoms with E-state index in [9.17, 15) is 18.0 Å². The van der Waals surface area contributed by atoms with Crippen molar-refractivity contribution >= 4 is 27.5 Å². The zero-order chi connectivity index (χ0) is 29.1. The molecule has 214 valence electrons. The van der Waals surface area contributed by atoms with Crippen LogP contribution < -0.4 is 14.4 Å². The Morgan fingerprint density at radius 2 is 1.45 bits per heavy atom. The first-order valence-corrected chi connectivity index (χ1v) is 15.4. The first-order chi connectivity index (χ1) is 19.1. The zero-order valence-electron chi connectivity index (χ0n) is 23.6. The molecular formula is C31H39N3O5S. The number of nitrogens with one attached hydrogen (secondary N) is 1. The fraction of sp³-hybridized carbons (Fsp3) is 0.355. The predicted molar refractivity (Wildman–Crippen MR) is 159 cm³/mol. The van der Waals surface area contributed by atoms with Crippen molar-refractivity contribution < 1.29 is 22.7 Å². The molecule has 0 fully saturated rings. The molecule has 0 heterocycles. The van der Waals surface area contributed by atoms with Gasteiger partial charge in [-0.25, -0.2) is 8.42 Å². The first-order valence-electron chi connectivity index (χ1n) is 13.5. The van der Waals surface area contributed by atoms with Crippen LogP contribution >= 0.6 is 0 Å². The van der Waals surface area contributed by atoms with Gasteiger partial charge in [-0.15, -0.1) is 0 Å². The number of nitrogens with zero attached hydrogens (tertiary/aromatic N) is 2. The van der Waals surface area contributed by atoms with Gasteiger partial charge in [0.15, 0.2) is 0 Å². The van der Waals surface area contributed by atoms with Gasteiger partial charge in [0.2, 0.25) is 21.8 Å². The van der Waals surface area contributed by atoms with Crippen molar-refractivity contribution in [3.63, 3.8) is 0 Å². The second-order valence-corrected chi connectivity index (χ2v) is 11.6. The second kappa shape index (κ2) is 14.5. The van der Waals surface area contributed by atoms with Crippen molar-refractivity contribution in [1.29, 1.82) is 0 Å². The fourth-order valence-corrected chi connectivity index (χ4v) is 5.16. The Bertz CT molecular complexity index is 1350. The van der Waals surface area contributed by atoms with Crippen LogP contribution in [0.3, 0.4) is 0 Å². The SMILES string of the molecule is CCOc1ccccc1N(CC(=O)N(Cc1ccccc1)[C@@H](Cc1ccccc1)C(=O)N[C@H](C)CC)S(C)(=O)=O. The lowest BCUT2D eigenvalue weighted by Gasteiger charge is -2.34. The van der Waals surface area contributed by atoms with E-state index in [0.717, 1.165) is 28.1 Å². The molecule has 0 bridgehead atoms. The number of para-hydroxylation sites is 2. The molecule has 0 saturated carbocycles. The minimum atomic E-state index is -3.88. The molecule has 3 rings (SSSR count). The summed E-state index contributed by atoms with van der Waals surface area (Å²) in [5.41, 5.74) is 1.98. The number of amides is 2. The summed E-state index contributed by atoms with van der Waals surface area (Å²) in [5, 5.41) is 3.03. The van der Waals surface area contributed by atoms with E-state index in [0.29, 0.717) is 12.4 Å². The predicted octanol–water partition coefficient (Wildman–Crippen LogP) is 4.41. The lowest BCUT2D eigenvalue weighted by atomic mass is 10.0. The highest BCUT2D eigenvalue weighted by Crippen LogP contribution is 2.30. The summed E-state index contributed by atoms with van der Waals surface area (Å²) < 4.78 is 32.7. The van der Waals surface area contributed by atoms with Gasteiger partial charge in [0, 0.05) is 19.0 Å². The number of rotatable bonds is 14. The summed E-state index contributed by atoms with van der Waals surface area (Å²) in [7, 11) is -3.88. The number of benzene rings is 3. The number of hydrogen-bond acceptors (Lipinski definition) is 5. The maximum atomic E-state index is 14.1. The van der Waals surface area contributed by atoms with E-state index in [-0.39, 0.29) is 30.6 Å². The summed E-state index contributed by atoms with van der Waals surface area (Å²) >= 11 is 0. The van der Waals surface area contributed by atoms with E-state index < -0.39 is 28.5 Å². The number of carbonyl (C=O) groups is 2. The molecule has 3 aromatic rings. The maximum absolute atomic E-state index is 14.1. The van der Waals surface area contributed by atoms with Gasteiger partial charge < -0.3 is 15.0 Å². The van der Waals surface area contributed by atoms with Crippen molar-refractivity contribution in [1.82, 2.24) is 10.2 Å². The fourth-order valence-electron chi connectivity index (χ4n) is 4.31. The highest BCUT2D eigenvalue weighted by atomic mass is 32.2. The lowest BCUT2D eigenvalue weighted by molar-refractivity contribution is -0.140. The van der Waals surface area contributed by atoms with E-state index in [1.165, 1.54) is 4.90 Å². The third-order valence-corrected chi connectivity index (χ3v) is 7.71. The van der Waals surface area contributed by atoms with Crippen molar-refractivity contribution in [2.45, 2.75) is 52.2 Å². The molecule has 8 nitrogen and oxygen atoms in total. The van der Waals surface area contributed by atoms with E-state index in [2.05, 4.69) is 5.32 Å². The van der Waals surface area contributed by atoms with Gasteiger partial charge in [0.25, 0.3) is 0 Å². The Kier molecular flexibility index (Phi) is 11.1. The zero-order valence-corrected chi connectivity index (χ0v) is 24.4. The smallest absolute Gasteiger partial charge is 0.244 e. The highest BCUT2D eigenvalue weighted by Gasteiger charge is 2.34. The van der Waals surface area contributed by atoms with Crippen LogP contribution in [0.2, 0.25) is 0 Å². The number of hydrogen-bond donors (Lipinski definition) is 1. The first kappa shape index (κ1) is 30.7.